The van der Waals surface area contributed by atoms with Crippen molar-refractivity contribution in [2.45, 2.75) is 37.6 Å². The Morgan fingerprint density at radius 2 is 1.36 bits per heavy atom. The van der Waals surface area contributed by atoms with Gasteiger partial charge in [0.15, 0.2) is 0 Å². The van der Waals surface area contributed by atoms with Crippen LogP contribution in [-0.2, 0) is 35.9 Å². The lowest BCUT2D eigenvalue weighted by Gasteiger charge is -2.39. The second-order valence-corrected chi connectivity index (χ2v) is 11.1. The first kappa shape index (κ1) is 28.3. The van der Waals surface area contributed by atoms with Gasteiger partial charge in [-0.05, 0) is 53.5 Å². The van der Waals surface area contributed by atoms with Crippen LogP contribution >= 0.6 is 11.6 Å². The predicted molar refractivity (Wildman–Crippen MR) is 158 cm³/mol. The fourth-order valence-electron chi connectivity index (χ4n) is 6.19. The highest BCUT2D eigenvalue weighted by atomic mass is 35.5. The fourth-order valence-corrected chi connectivity index (χ4v) is 6.48. The minimum Gasteiger partial charge on any atom is -0.376 e. The highest BCUT2D eigenvalue weighted by Crippen LogP contribution is 2.43. The molecule has 7 heteroatoms. The van der Waals surface area contributed by atoms with Crippen LogP contribution in [0.2, 0.25) is 5.02 Å². The van der Waals surface area contributed by atoms with Crippen molar-refractivity contribution in [1.82, 2.24) is 9.55 Å². The maximum absolute atomic E-state index is 13.3. The van der Waals surface area contributed by atoms with Gasteiger partial charge in [0.2, 0.25) is 0 Å². The van der Waals surface area contributed by atoms with Crippen molar-refractivity contribution >= 4 is 11.6 Å². The summed E-state index contributed by atoms with van der Waals surface area (Å²) in [6.07, 6.45) is -0.123. The molecule has 0 bridgehead atoms. The lowest BCUT2D eigenvalue weighted by Crippen LogP contribution is -2.39. The van der Waals surface area contributed by atoms with Gasteiger partial charge in [0.05, 0.1) is 35.8 Å². The van der Waals surface area contributed by atoms with Crippen LogP contribution in [0.3, 0.4) is 0 Å². The third kappa shape index (κ3) is 5.25. The molecule has 4 aromatic carbocycles. The van der Waals surface area contributed by atoms with E-state index >= 15 is 0 Å². The Hall–Kier alpha value is -3.87. The van der Waals surface area contributed by atoms with Gasteiger partial charge in [-0.1, -0.05) is 115 Å². The average Bonchev–Trinajstić information content (AvgIpc) is 3.43. The lowest BCUT2D eigenvalue weighted by molar-refractivity contribution is -0.137. The van der Waals surface area contributed by atoms with Gasteiger partial charge in [-0.2, -0.15) is 13.2 Å². The highest BCUT2D eigenvalue weighted by Gasteiger charge is 2.41. The summed E-state index contributed by atoms with van der Waals surface area (Å²) in [7, 11) is 0. The number of nitrogens with zero attached hydrogens (tertiary/aromatic N) is 2. The minimum absolute atomic E-state index is 0.0275. The topological polar surface area (TPSA) is 27.1 Å². The van der Waals surface area contributed by atoms with E-state index in [9.17, 15) is 13.2 Å². The molecule has 0 saturated heterocycles. The Labute approximate surface area is 248 Å². The van der Waals surface area contributed by atoms with E-state index in [1.54, 1.807) is 6.07 Å². The summed E-state index contributed by atoms with van der Waals surface area (Å²) in [5, 5.41) is -0.297. The molecule has 1 atom stereocenters. The molecule has 1 unspecified atom stereocenters. The monoisotopic (exact) mass is 586 g/mol. The molecule has 214 valence electrons. The summed E-state index contributed by atoms with van der Waals surface area (Å²) >= 11 is 6.07. The molecule has 6 rings (SSSR count). The maximum atomic E-state index is 13.3. The van der Waals surface area contributed by atoms with Gasteiger partial charge in [-0.15, -0.1) is 0 Å². The molecule has 42 heavy (non-hydrogen) atoms. The summed E-state index contributed by atoms with van der Waals surface area (Å²) < 4.78 is 48.0. The van der Waals surface area contributed by atoms with Crippen molar-refractivity contribution in [3.63, 3.8) is 0 Å². The van der Waals surface area contributed by atoms with Gasteiger partial charge in [0, 0.05) is 5.69 Å². The van der Waals surface area contributed by atoms with Gasteiger partial charge in [0.1, 0.15) is 5.54 Å². The van der Waals surface area contributed by atoms with Crippen LogP contribution in [0.5, 0.6) is 0 Å². The number of fused-ring (bicyclic) bond motifs is 1. The lowest BCUT2D eigenvalue weighted by atomic mass is 9.76. The maximum Gasteiger partial charge on any atom is 0.417 e. The van der Waals surface area contributed by atoms with Gasteiger partial charge in [-0.3, -0.25) is 0 Å². The van der Waals surface area contributed by atoms with E-state index in [2.05, 4.69) is 77.4 Å². The number of halogens is 4. The predicted octanol–water partition coefficient (Wildman–Crippen LogP) is 8.72. The standard InChI is InChI=1S/C35H30ClF3N2O/c36-33-26(11-10-18-30(33)35(37,38)39)23-42-22-25-19-20-32-31(21-25)40-24-41(32)34(27-12-4-1-5-13-27,28-14-6-2-7-15-28)29-16-8-3-9-17-29/h1-18,24-25H,19-23H2. The molecule has 0 radical (unpaired) electrons. The zero-order valence-electron chi connectivity index (χ0n) is 22.9. The zero-order valence-corrected chi connectivity index (χ0v) is 23.7. The summed E-state index contributed by atoms with van der Waals surface area (Å²) in [5.41, 5.74) is 4.53. The fraction of sp³-hybridized carbons (Fsp3) is 0.229. The minimum atomic E-state index is -4.50. The van der Waals surface area contributed by atoms with Crippen LogP contribution in [-0.4, -0.2) is 16.2 Å². The number of benzene rings is 4. The first-order valence-electron chi connectivity index (χ1n) is 14.0. The number of hydrogen-bond donors (Lipinski definition) is 0. The molecule has 0 amide bonds. The Morgan fingerprint density at radius 1 is 0.786 bits per heavy atom. The van der Waals surface area contributed by atoms with Crippen LogP contribution in [0.25, 0.3) is 0 Å². The van der Waals surface area contributed by atoms with Gasteiger partial charge in [-0.25, -0.2) is 4.98 Å². The molecule has 0 aliphatic heterocycles. The second-order valence-electron chi connectivity index (χ2n) is 10.7. The van der Waals surface area contributed by atoms with Crippen molar-refractivity contribution in [2.24, 2.45) is 5.92 Å². The van der Waals surface area contributed by atoms with Gasteiger partial charge >= 0.3 is 6.18 Å². The van der Waals surface area contributed by atoms with Crippen molar-refractivity contribution in [3.8, 4) is 0 Å². The van der Waals surface area contributed by atoms with Crippen molar-refractivity contribution in [2.75, 3.05) is 6.61 Å². The molecular weight excluding hydrogens is 557 g/mol. The third-order valence-corrected chi connectivity index (χ3v) is 8.60. The van der Waals surface area contributed by atoms with Crippen LogP contribution in [0, 0.1) is 5.92 Å². The number of hydrogen-bond acceptors (Lipinski definition) is 2. The molecule has 0 saturated carbocycles. The molecule has 3 nitrogen and oxygen atoms in total. The van der Waals surface area contributed by atoms with Crippen LogP contribution in [0.15, 0.2) is 116 Å². The Bertz CT molecular complexity index is 1540. The SMILES string of the molecule is FC(F)(F)c1cccc(COCC2CCc3c(ncn3C(c3ccccc3)(c3ccccc3)c3ccccc3)C2)c1Cl. The number of ether oxygens (including phenoxy) is 1. The van der Waals surface area contributed by atoms with E-state index in [1.165, 1.54) is 11.8 Å². The largest absolute Gasteiger partial charge is 0.417 e. The highest BCUT2D eigenvalue weighted by molar-refractivity contribution is 6.32. The quantitative estimate of drug-likeness (QED) is 0.170. The summed E-state index contributed by atoms with van der Waals surface area (Å²) in [5.74, 6) is 0.199. The normalized spacial score (nSPS) is 15.4. The molecule has 1 aromatic heterocycles. The van der Waals surface area contributed by atoms with Gasteiger partial charge < -0.3 is 9.30 Å². The molecule has 0 spiro atoms. The van der Waals surface area contributed by atoms with Crippen LogP contribution in [0.1, 0.15) is 45.6 Å². The summed E-state index contributed by atoms with van der Waals surface area (Å²) in [6.45, 7) is 0.444. The Morgan fingerprint density at radius 3 is 1.90 bits per heavy atom. The number of alkyl halides is 3. The number of rotatable bonds is 8. The molecule has 1 aliphatic carbocycles. The second kappa shape index (κ2) is 11.8. The Balaban J connectivity index is 1.30. The van der Waals surface area contributed by atoms with E-state index in [0.29, 0.717) is 12.2 Å². The molecule has 0 N–H and O–H groups in total. The molecular formula is C35H30ClF3N2O. The molecule has 1 heterocycles. The van der Waals surface area contributed by atoms with Crippen molar-refractivity contribution in [3.05, 3.63) is 160 Å². The van der Waals surface area contributed by atoms with E-state index < -0.39 is 17.3 Å². The average molecular weight is 587 g/mol. The van der Waals surface area contributed by atoms with E-state index in [4.69, 9.17) is 21.3 Å². The van der Waals surface area contributed by atoms with Gasteiger partial charge in [0.25, 0.3) is 0 Å². The van der Waals surface area contributed by atoms with Crippen molar-refractivity contribution < 1.29 is 17.9 Å². The van der Waals surface area contributed by atoms with Crippen LogP contribution < -0.4 is 0 Å². The first-order chi connectivity index (χ1) is 20.4. The van der Waals surface area contributed by atoms with E-state index in [-0.39, 0.29) is 17.5 Å². The number of aromatic nitrogens is 2. The molecule has 1 aliphatic rings. The first-order valence-corrected chi connectivity index (χ1v) is 14.4. The summed E-state index contributed by atoms with van der Waals surface area (Å²) in [6, 6.07) is 35.5. The Kier molecular flexibility index (Phi) is 7.93. The zero-order chi connectivity index (χ0) is 29.2. The molecule has 0 fully saturated rings. The smallest absolute Gasteiger partial charge is 0.376 e. The number of imidazole rings is 1. The van der Waals surface area contributed by atoms with Crippen LogP contribution in [0.4, 0.5) is 13.2 Å². The van der Waals surface area contributed by atoms with Crippen molar-refractivity contribution in [1.29, 1.82) is 0 Å². The van der Waals surface area contributed by atoms with E-state index in [1.807, 2.05) is 24.5 Å². The molecule has 5 aromatic rings. The van der Waals surface area contributed by atoms with E-state index in [0.717, 1.165) is 47.7 Å². The summed E-state index contributed by atoms with van der Waals surface area (Å²) in [4.78, 5) is 4.93. The third-order valence-electron chi connectivity index (χ3n) is 8.16.